The summed E-state index contributed by atoms with van der Waals surface area (Å²) in [6, 6.07) is 5.35. The molecule has 160 valence electrons. The zero-order valence-electron chi connectivity index (χ0n) is 15.7. The van der Waals surface area contributed by atoms with Gasteiger partial charge in [-0.3, -0.25) is 9.69 Å². The van der Waals surface area contributed by atoms with Gasteiger partial charge in [0.15, 0.2) is 0 Å². The van der Waals surface area contributed by atoms with Crippen LogP contribution in [-0.4, -0.2) is 55.0 Å². The number of nitrogens with one attached hydrogen (secondary N) is 1. The summed E-state index contributed by atoms with van der Waals surface area (Å²) in [6.07, 6.45) is -0.877. The number of amides is 1. The number of alkyl halides is 3. The zero-order valence-corrected chi connectivity index (χ0v) is 17.3. The highest BCUT2D eigenvalue weighted by atomic mass is 35.5. The molecule has 1 saturated heterocycles. The van der Waals surface area contributed by atoms with Crippen LogP contribution in [-0.2, 0) is 17.5 Å². The van der Waals surface area contributed by atoms with E-state index < -0.39 is 11.7 Å². The molecule has 0 aromatic heterocycles. The molecular formula is C19H28Cl2F3N3O. The van der Waals surface area contributed by atoms with Gasteiger partial charge in [0.05, 0.1) is 12.1 Å². The van der Waals surface area contributed by atoms with Crippen molar-refractivity contribution in [2.75, 3.05) is 39.3 Å². The number of rotatable bonds is 6. The molecule has 0 radical (unpaired) electrons. The van der Waals surface area contributed by atoms with E-state index in [-0.39, 0.29) is 30.7 Å². The Morgan fingerprint density at radius 1 is 1.04 bits per heavy atom. The van der Waals surface area contributed by atoms with E-state index in [2.05, 4.69) is 10.2 Å². The van der Waals surface area contributed by atoms with Gasteiger partial charge in [0.25, 0.3) is 0 Å². The van der Waals surface area contributed by atoms with Gasteiger partial charge in [0.2, 0.25) is 5.91 Å². The van der Waals surface area contributed by atoms with Crippen LogP contribution >= 0.6 is 24.8 Å². The molecule has 1 aromatic carbocycles. The van der Waals surface area contributed by atoms with E-state index >= 15 is 0 Å². The van der Waals surface area contributed by atoms with Crippen LogP contribution in [0.25, 0.3) is 0 Å². The third-order valence-electron chi connectivity index (χ3n) is 5.03. The largest absolute Gasteiger partial charge is 0.416 e. The summed E-state index contributed by atoms with van der Waals surface area (Å²) in [7, 11) is 0. The van der Waals surface area contributed by atoms with Crippen molar-refractivity contribution in [3.63, 3.8) is 0 Å². The van der Waals surface area contributed by atoms with E-state index in [1.165, 1.54) is 12.8 Å². The Labute approximate surface area is 176 Å². The monoisotopic (exact) mass is 441 g/mol. The number of halogens is 5. The minimum Gasteiger partial charge on any atom is -0.340 e. The first-order valence-corrected chi connectivity index (χ1v) is 9.29. The number of benzene rings is 1. The van der Waals surface area contributed by atoms with E-state index in [4.69, 9.17) is 0 Å². The molecule has 1 aliphatic heterocycles. The second kappa shape index (κ2) is 11.2. The maximum Gasteiger partial charge on any atom is 0.416 e. The molecule has 3 rings (SSSR count). The molecule has 9 heteroatoms. The van der Waals surface area contributed by atoms with Gasteiger partial charge in [-0.25, -0.2) is 0 Å². The minimum absolute atomic E-state index is 0. The van der Waals surface area contributed by atoms with Crippen LogP contribution < -0.4 is 5.32 Å². The molecule has 4 nitrogen and oxygen atoms in total. The minimum atomic E-state index is -4.30. The van der Waals surface area contributed by atoms with Crippen LogP contribution in [0.3, 0.4) is 0 Å². The smallest absolute Gasteiger partial charge is 0.340 e. The van der Waals surface area contributed by atoms with Crippen LogP contribution in [0.1, 0.15) is 30.4 Å². The van der Waals surface area contributed by atoms with E-state index in [0.717, 1.165) is 56.2 Å². The molecule has 2 fully saturated rings. The summed E-state index contributed by atoms with van der Waals surface area (Å²) >= 11 is 0. The number of nitrogens with zero attached hydrogens (tertiary/aromatic N) is 2. The lowest BCUT2D eigenvalue weighted by Crippen LogP contribution is -2.40. The third kappa shape index (κ3) is 7.78. The Morgan fingerprint density at radius 2 is 1.71 bits per heavy atom. The topological polar surface area (TPSA) is 35.6 Å². The zero-order chi connectivity index (χ0) is 18.6. The predicted octanol–water partition coefficient (Wildman–Crippen LogP) is 3.58. The number of carbonyl (C=O) groups is 1. The average Bonchev–Trinajstić information content (AvgIpc) is 3.42. The van der Waals surface area contributed by atoms with E-state index in [9.17, 15) is 18.0 Å². The molecule has 28 heavy (non-hydrogen) atoms. The Hall–Kier alpha value is -1.02. The van der Waals surface area contributed by atoms with Crippen molar-refractivity contribution >= 4 is 30.7 Å². The second-order valence-electron chi connectivity index (χ2n) is 7.28. The number of hydrogen-bond acceptors (Lipinski definition) is 3. The van der Waals surface area contributed by atoms with Crippen molar-refractivity contribution in [1.82, 2.24) is 15.1 Å². The van der Waals surface area contributed by atoms with Gasteiger partial charge in [-0.15, -0.1) is 24.8 Å². The van der Waals surface area contributed by atoms with Gasteiger partial charge >= 0.3 is 6.18 Å². The molecule has 0 unspecified atom stereocenters. The Morgan fingerprint density at radius 3 is 2.32 bits per heavy atom. The van der Waals surface area contributed by atoms with Gasteiger partial charge in [0, 0.05) is 32.7 Å². The molecule has 1 N–H and O–H groups in total. The maximum absolute atomic E-state index is 12.6. The predicted molar refractivity (Wildman–Crippen MR) is 108 cm³/mol. The summed E-state index contributed by atoms with van der Waals surface area (Å²) in [4.78, 5) is 16.4. The molecule has 1 heterocycles. The lowest BCUT2D eigenvalue weighted by atomic mass is 10.1. The summed E-state index contributed by atoms with van der Waals surface area (Å²) in [5.74, 6) is 0.896. The van der Waals surface area contributed by atoms with E-state index in [1.807, 2.05) is 4.90 Å². The summed E-state index contributed by atoms with van der Waals surface area (Å²) in [6.45, 7) is 4.95. The highest BCUT2D eigenvalue weighted by Crippen LogP contribution is 2.29. The molecule has 1 saturated carbocycles. The number of carbonyl (C=O) groups excluding carboxylic acids is 1. The molecule has 0 bridgehead atoms. The Bertz CT molecular complexity index is 609. The molecule has 1 aliphatic carbocycles. The first kappa shape index (κ1) is 25.0. The molecule has 0 spiro atoms. The third-order valence-corrected chi connectivity index (χ3v) is 5.03. The summed E-state index contributed by atoms with van der Waals surface area (Å²) < 4.78 is 37.9. The molecular weight excluding hydrogens is 414 g/mol. The SMILES string of the molecule is Cl.Cl.O=C(CNCC1CC1)N1CCCN(Cc2ccc(C(F)(F)F)cc2)CC1. The van der Waals surface area contributed by atoms with Crippen molar-refractivity contribution in [3.05, 3.63) is 35.4 Å². The van der Waals surface area contributed by atoms with Crippen molar-refractivity contribution in [3.8, 4) is 0 Å². The lowest BCUT2D eigenvalue weighted by molar-refractivity contribution is -0.137. The van der Waals surface area contributed by atoms with Crippen LogP contribution in [0.5, 0.6) is 0 Å². The first-order chi connectivity index (χ1) is 12.4. The molecule has 1 aromatic rings. The van der Waals surface area contributed by atoms with Crippen molar-refractivity contribution in [2.24, 2.45) is 5.92 Å². The van der Waals surface area contributed by atoms with Gasteiger partial charge < -0.3 is 10.2 Å². The van der Waals surface area contributed by atoms with Gasteiger partial charge in [-0.05, 0) is 49.4 Å². The van der Waals surface area contributed by atoms with E-state index in [0.29, 0.717) is 19.6 Å². The van der Waals surface area contributed by atoms with Crippen LogP contribution in [0.4, 0.5) is 13.2 Å². The fourth-order valence-electron chi connectivity index (χ4n) is 3.25. The number of hydrogen-bond donors (Lipinski definition) is 1. The second-order valence-corrected chi connectivity index (χ2v) is 7.28. The highest BCUT2D eigenvalue weighted by Gasteiger charge is 2.30. The Balaban J connectivity index is 0.00000196. The first-order valence-electron chi connectivity index (χ1n) is 9.29. The molecule has 0 atom stereocenters. The van der Waals surface area contributed by atoms with Crippen LogP contribution in [0.2, 0.25) is 0 Å². The fourth-order valence-corrected chi connectivity index (χ4v) is 3.25. The fraction of sp³-hybridized carbons (Fsp3) is 0.632. The average molecular weight is 442 g/mol. The van der Waals surface area contributed by atoms with Crippen LogP contribution in [0, 0.1) is 5.92 Å². The highest BCUT2D eigenvalue weighted by molar-refractivity contribution is 5.85. The summed E-state index contributed by atoms with van der Waals surface area (Å²) in [5.41, 5.74) is 0.247. The normalized spacial score (nSPS) is 18.0. The van der Waals surface area contributed by atoms with Crippen LogP contribution in [0.15, 0.2) is 24.3 Å². The Kier molecular flexibility index (Phi) is 10.0. The summed E-state index contributed by atoms with van der Waals surface area (Å²) in [5, 5.41) is 3.24. The van der Waals surface area contributed by atoms with Gasteiger partial charge in [-0.2, -0.15) is 13.2 Å². The van der Waals surface area contributed by atoms with Crippen molar-refractivity contribution in [2.45, 2.75) is 32.0 Å². The van der Waals surface area contributed by atoms with Crippen molar-refractivity contribution < 1.29 is 18.0 Å². The molecule has 2 aliphatic rings. The quantitative estimate of drug-likeness (QED) is 0.732. The maximum atomic E-state index is 12.6. The van der Waals surface area contributed by atoms with Crippen molar-refractivity contribution in [1.29, 1.82) is 0 Å². The molecule has 1 amide bonds. The van der Waals surface area contributed by atoms with E-state index in [1.54, 1.807) is 12.1 Å². The lowest BCUT2D eigenvalue weighted by Gasteiger charge is -2.22. The van der Waals surface area contributed by atoms with Gasteiger partial charge in [-0.1, -0.05) is 12.1 Å². The van der Waals surface area contributed by atoms with Gasteiger partial charge in [0.1, 0.15) is 0 Å². The standard InChI is InChI=1S/C19H26F3N3O.2ClH/c20-19(21,22)17-6-4-16(5-7-17)14-24-8-1-9-25(11-10-24)18(26)13-23-12-15-2-3-15;;/h4-7,15,23H,1-3,8-14H2;2*1H.